The number of hydrogen-bond acceptors (Lipinski definition) is 1. The van der Waals surface area contributed by atoms with Gasteiger partial charge in [0.25, 0.3) is 0 Å². The van der Waals surface area contributed by atoms with Crippen molar-refractivity contribution >= 4 is 33.3 Å². The lowest BCUT2D eigenvalue weighted by Gasteiger charge is -2.29. The van der Waals surface area contributed by atoms with Crippen molar-refractivity contribution in [3.8, 4) is 0 Å². The summed E-state index contributed by atoms with van der Waals surface area (Å²) >= 11 is 10.2. The minimum absolute atomic E-state index is 0.0539. The number of halogens is 2. The second-order valence-electron chi connectivity index (χ2n) is 4.69. The molecule has 19 heavy (non-hydrogen) atoms. The predicted octanol–water partition coefficient (Wildman–Crippen LogP) is 4.91. The van der Waals surface area contributed by atoms with Gasteiger partial charge in [-0.25, -0.2) is 0 Å². The van der Waals surface area contributed by atoms with Crippen LogP contribution in [0.1, 0.15) is 30.1 Å². The van der Waals surface area contributed by atoms with E-state index in [1.807, 2.05) is 48.6 Å². The van der Waals surface area contributed by atoms with Crippen LogP contribution in [0.2, 0.25) is 0 Å². The number of ketones is 1. The standard InChI is InChI=1S/C16H16BrClO/c1-2-14(17)16(18)10-8-13(9-11-16)15(19)12-6-4-3-5-7-12/h3-10,14H,2,11H2,1H3. The third-order valence-corrected chi connectivity index (χ3v) is 5.62. The second kappa shape index (κ2) is 6.06. The molecule has 3 heteroatoms. The zero-order valence-electron chi connectivity index (χ0n) is 10.8. The molecule has 0 bridgehead atoms. The second-order valence-corrected chi connectivity index (χ2v) is 6.50. The quantitative estimate of drug-likeness (QED) is 0.563. The third-order valence-electron chi connectivity index (χ3n) is 3.35. The maximum Gasteiger partial charge on any atom is 0.192 e. The van der Waals surface area contributed by atoms with E-state index in [0.717, 1.165) is 12.0 Å². The van der Waals surface area contributed by atoms with Crippen LogP contribution in [0.25, 0.3) is 0 Å². The molecule has 0 radical (unpaired) electrons. The Morgan fingerprint density at radius 1 is 1.42 bits per heavy atom. The van der Waals surface area contributed by atoms with Crippen molar-refractivity contribution in [1.29, 1.82) is 0 Å². The number of carbonyl (C=O) groups excluding carboxylic acids is 1. The van der Waals surface area contributed by atoms with Crippen LogP contribution >= 0.6 is 27.5 Å². The summed E-state index contributed by atoms with van der Waals surface area (Å²) in [5.74, 6) is 0.0539. The van der Waals surface area contributed by atoms with E-state index in [-0.39, 0.29) is 10.6 Å². The van der Waals surface area contributed by atoms with Crippen molar-refractivity contribution in [2.45, 2.75) is 29.5 Å². The molecule has 2 atom stereocenters. The van der Waals surface area contributed by atoms with E-state index < -0.39 is 4.87 Å². The average Bonchev–Trinajstić information content (AvgIpc) is 2.47. The first-order valence-corrected chi connectivity index (χ1v) is 7.68. The van der Waals surface area contributed by atoms with Gasteiger partial charge in [0.1, 0.15) is 0 Å². The van der Waals surface area contributed by atoms with Crippen LogP contribution < -0.4 is 0 Å². The Morgan fingerprint density at radius 2 is 2.11 bits per heavy atom. The smallest absolute Gasteiger partial charge is 0.192 e. The molecule has 0 fully saturated rings. The van der Waals surface area contributed by atoms with Crippen molar-refractivity contribution in [2.75, 3.05) is 0 Å². The van der Waals surface area contributed by atoms with Gasteiger partial charge in [0, 0.05) is 16.0 Å². The number of alkyl halides is 2. The molecule has 0 aliphatic heterocycles. The van der Waals surface area contributed by atoms with Gasteiger partial charge in [0.2, 0.25) is 0 Å². The van der Waals surface area contributed by atoms with Crippen LogP contribution in [0.15, 0.2) is 54.1 Å². The lowest BCUT2D eigenvalue weighted by molar-refractivity contribution is 0.103. The number of hydrogen-bond donors (Lipinski definition) is 0. The molecule has 1 aliphatic carbocycles. The van der Waals surface area contributed by atoms with E-state index in [1.165, 1.54) is 0 Å². The fourth-order valence-electron chi connectivity index (χ4n) is 2.13. The molecule has 1 aliphatic rings. The highest BCUT2D eigenvalue weighted by Gasteiger charge is 2.33. The van der Waals surface area contributed by atoms with Crippen molar-refractivity contribution in [1.82, 2.24) is 0 Å². The van der Waals surface area contributed by atoms with Crippen molar-refractivity contribution in [3.63, 3.8) is 0 Å². The summed E-state index contributed by atoms with van der Waals surface area (Å²) in [7, 11) is 0. The largest absolute Gasteiger partial charge is 0.289 e. The third kappa shape index (κ3) is 3.18. The maximum absolute atomic E-state index is 12.3. The van der Waals surface area contributed by atoms with Gasteiger partial charge in [0.15, 0.2) is 5.78 Å². The van der Waals surface area contributed by atoms with Gasteiger partial charge < -0.3 is 0 Å². The summed E-state index contributed by atoms with van der Waals surface area (Å²) < 4.78 is 0. The minimum atomic E-state index is -0.421. The molecule has 100 valence electrons. The minimum Gasteiger partial charge on any atom is -0.289 e. The zero-order valence-corrected chi connectivity index (χ0v) is 13.1. The molecule has 0 heterocycles. The normalized spacial score (nSPS) is 23.8. The summed E-state index contributed by atoms with van der Waals surface area (Å²) in [6.07, 6.45) is 7.34. The summed E-state index contributed by atoms with van der Waals surface area (Å²) in [5, 5.41) is 0. The molecule has 1 nitrogen and oxygen atoms in total. The van der Waals surface area contributed by atoms with Gasteiger partial charge in [-0.2, -0.15) is 0 Å². The Hall–Kier alpha value is -0.860. The number of Topliss-reactive ketones (excluding diaryl/α,β-unsaturated/α-hetero) is 1. The lowest BCUT2D eigenvalue weighted by atomic mass is 9.89. The van der Waals surface area contributed by atoms with Gasteiger partial charge in [0.05, 0.1) is 4.87 Å². The Bertz CT molecular complexity index is 521. The van der Waals surface area contributed by atoms with Crippen LogP contribution in [0.5, 0.6) is 0 Å². The first kappa shape index (κ1) is 14.5. The molecule has 0 spiro atoms. The van der Waals surface area contributed by atoms with E-state index in [4.69, 9.17) is 11.6 Å². The molecule has 2 rings (SSSR count). The van der Waals surface area contributed by atoms with Crippen LogP contribution in [0, 0.1) is 0 Å². The summed E-state index contributed by atoms with van der Waals surface area (Å²) in [4.78, 5) is 12.1. The molecule has 0 amide bonds. The lowest BCUT2D eigenvalue weighted by Crippen LogP contribution is -2.31. The van der Waals surface area contributed by atoms with Crippen molar-refractivity contribution < 1.29 is 4.79 Å². The van der Waals surface area contributed by atoms with Crippen LogP contribution in [-0.2, 0) is 0 Å². The number of allylic oxidation sites excluding steroid dienone is 4. The Balaban J connectivity index is 2.15. The molecule has 0 aromatic heterocycles. The summed E-state index contributed by atoms with van der Waals surface area (Å²) in [6.45, 7) is 2.09. The fraction of sp³-hybridized carbons (Fsp3) is 0.312. The van der Waals surface area contributed by atoms with Gasteiger partial charge in [-0.05, 0) is 12.8 Å². The van der Waals surface area contributed by atoms with Gasteiger partial charge in [-0.15, -0.1) is 11.6 Å². The highest BCUT2D eigenvalue weighted by atomic mass is 79.9. The Labute approximate surface area is 127 Å². The van der Waals surface area contributed by atoms with E-state index in [0.29, 0.717) is 12.0 Å². The topological polar surface area (TPSA) is 17.1 Å². The van der Waals surface area contributed by atoms with Crippen LogP contribution in [0.3, 0.4) is 0 Å². The Morgan fingerprint density at radius 3 is 2.63 bits per heavy atom. The number of benzene rings is 1. The molecule has 2 unspecified atom stereocenters. The first-order chi connectivity index (χ1) is 9.07. The predicted molar refractivity (Wildman–Crippen MR) is 84.2 cm³/mol. The highest BCUT2D eigenvalue weighted by molar-refractivity contribution is 9.09. The summed E-state index contributed by atoms with van der Waals surface area (Å²) in [6, 6.07) is 9.32. The van der Waals surface area contributed by atoms with Gasteiger partial charge >= 0.3 is 0 Å². The van der Waals surface area contributed by atoms with E-state index in [2.05, 4.69) is 22.9 Å². The van der Waals surface area contributed by atoms with E-state index in [9.17, 15) is 4.79 Å². The molecular formula is C16H16BrClO. The van der Waals surface area contributed by atoms with Crippen molar-refractivity contribution in [3.05, 3.63) is 59.7 Å². The van der Waals surface area contributed by atoms with Crippen molar-refractivity contribution in [2.24, 2.45) is 0 Å². The highest BCUT2D eigenvalue weighted by Crippen LogP contribution is 2.37. The zero-order chi connectivity index (χ0) is 13.9. The molecule has 1 aromatic carbocycles. The monoisotopic (exact) mass is 338 g/mol. The maximum atomic E-state index is 12.3. The van der Waals surface area contributed by atoms with E-state index in [1.54, 1.807) is 0 Å². The summed E-state index contributed by atoms with van der Waals surface area (Å²) in [5.41, 5.74) is 1.43. The number of rotatable bonds is 4. The number of carbonyl (C=O) groups is 1. The van der Waals surface area contributed by atoms with Crippen LogP contribution in [0.4, 0.5) is 0 Å². The van der Waals surface area contributed by atoms with E-state index >= 15 is 0 Å². The molecule has 0 N–H and O–H groups in total. The SMILES string of the molecule is CCC(Br)C1(Cl)C=CC(C(=O)c2ccccc2)=CC1. The molecule has 1 aromatic rings. The molecule has 0 saturated carbocycles. The van der Waals surface area contributed by atoms with Gasteiger partial charge in [-0.1, -0.05) is 71.4 Å². The molecular weight excluding hydrogens is 324 g/mol. The van der Waals surface area contributed by atoms with Crippen LogP contribution in [-0.4, -0.2) is 15.5 Å². The average molecular weight is 340 g/mol. The van der Waals surface area contributed by atoms with Gasteiger partial charge in [-0.3, -0.25) is 4.79 Å². The molecule has 0 saturated heterocycles. The fourth-order valence-corrected chi connectivity index (χ4v) is 2.76. The first-order valence-electron chi connectivity index (χ1n) is 6.39. The Kier molecular flexibility index (Phi) is 4.64.